The molecule has 0 bridgehead atoms. The van der Waals surface area contributed by atoms with Crippen LogP contribution in [0.5, 0.6) is 0 Å². The highest BCUT2D eigenvalue weighted by atomic mass is 32.2. The quantitative estimate of drug-likeness (QED) is 0.368. The summed E-state index contributed by atoms with van der Waals surface area (Å²) in [6.45, 7) is 2.50. The summed E-state index contributed by atoms with van der Waals surface area (Å²) in [6.07, 6.45) is 0.254. The summed E-state index contributed by atoms with van der Waals surface area (Å²) in [5, 5.41) is 0.417. The molecule has 0 spiro atoms. The average molecular weight is 373 g/mol. The zero-order chi connectivity index (χ0) is 18.5. The van der Waals surface area contributed by atoms with Gasteiger partial charge in [0.05, 0.1) is 19.6 Å². The van der Waals surface area contributed by atoms with E-state index in [1.54, 1.807) is 6.92 Å². The normalized spacial score (nSPS) is 11.0. The lowest BCUT2D eigenvalue weighted by atomic mass is 10.2. The standard InChI is InChI=1S/C17H19N5O3S/c1-2-25-12(23)8-9-26-16-20-14(18)13-15(21-16)22(17(24)19-13)10-11-6-4-3-5-7-11/h3-7H,2,8-10H2,1H3,(H,19,24)(H2,18,20,21). The molecule has 0 aliphatic heterocycles. The third-order valence-electron chi connectivity index (χ3n) is 3.66. The number of hydrogen-bond donors (Lipinski definition) is 2. The first-order valence-corrected chi connectivity index (χ1v) is 9.15. The molecule has 1 aromatic carbocycles. The summed E-state index contributed by atoms with van der Waals surface area (Å²) in [4.78, 5) is 35.1. The Morgan fingerprint density at radius 2 is 2.08 bits per heavy atom. The van der Waals surface area contributed by atoms with Crippen molar-refractivity contribution in [3.63, 3.8) is 0 Å². The number of anilines is 1. The minimum absolute atomic E-state index is 0.206. The zero-order valence-electron chi connectivity index (χ0n) is 14.3. The Hall–Kier alpha value is -2.81. The van der Waals surface area contributed by atoms with E-state index in [1.807, 2.05) is 30.3 Å². The number of nitrogens with zero attached hydrogens (tertiary/aromatic N) is 3. The van der Waals surface area contributed by atoms with E-state index < -0.39 is 0 Å². The molecule has 0 radical (unpaired) electrons. The van der Waals surface area contributed by atoms with Gasteiger partial charge in [0, 0.05) is 5.75 Å². The molecule has 0 unspecified atom stereocenters. The number of H-pyrrole nitrogens is 1. The molecule has 3 N–H and O–H groups in total. The van der Waals surface area contributed by atoms with Crippen molar-refractivity contribution in [1.82, 2.24) is 19.5 Å². The number of benzene rings is 1. The Morgan fingerprint density at radius 3 is 2.81 bits per heavy atom. The number of carbonyl (C=O) groups excluding carboxylic acids is 1. The summed E-state index contributed by atoms with van der Waals surface area (Å²) >= 11 is 1.30. The minimum Gasteiger partial charge on any atom is -0.466 e. The van der Waals surface area contributed by atoms with Gasteiger partial charge in [0.1, 0.15) is 5.52 Å². The Morgan fingerprint density at radius 1 is 1.31 bits per heavy atom. The van der Waals surface area contributed by atoms with E-state index in [0.29, 0.717) is 35.2 Å². The van der Waals surface area contributed by atoms with Gasteiger partial charge in [-0.05, 0) is 12.5 Å². The van der Waals surface area contributed by atoms with Crippen molar-refractivity contribution >= 4 is 34.7 Å². The van der Waals surface area contributed by atoms with E-state index in [4.69, 9.17) is 10.5 Å². The van der Waals surface area contributed by atoms with Crippen molar-refractivity contribution in [1.29, 1.82) is 0 Å². The van der Waals surface area contributed by atoms with Crippen LogP contribution in [0, 0.1) is 0 Å². The van der Waals surface area contributed by atoms with Crippen LogP contribution in [0.25, 0.3) is 11.2 Å². The van der Waals surface area contributed by atoms with Crippen molar-refractivity contribution in [2.45, 2.75) is 25.0 Å². The van der Waals surface area contributed by atoms with Crippen molar-refractivity contribution in [3.05, 3.63) is 46.4 Å². The van der Waals surface area contributed by atoms with E-state index in [-0.39, 0.29) is 23.9 Å². The van der Waals surface area contributed by atoms with Gasteiger partial charge in [0.15, 0.2) is 16.6 Å². The second kappa shape index (κ2) is 8.05. The Kier molecular flexibility index (Phi) is 5.57. The van der Waals surface area contributed by atoms with Gasteiger partial charge in [-0.3, -0.25) is 9.36 Å². The van der Waals surface area contributed by atoms with Crippen molar-refractivity contribution < 1.29 is 9.53 Å². The van der Waals surface area contributed by atoms with Crippen molar-refractivity contribution in [3.8, 4) is 0 Å². The lowest BCUT2D eigenvalue weighted by molar-refractivity contribution is -0.142. The first-order chi connectivity index (χ1) is 12.6. The number of nitrogens with one attached hydrogen (secondary N) is 1. The van der Waals surface area contributed by atoms with E-state index in [1.165, 1.54) is 16.3 Å². The van der Waals surface area contributed by atoms with Gasteiger partial charge in [-0.2, -0.15) is 0 Å². The predicted molar refractivity (Wildman–Crippen MR) is 100 cm³/mol. The second-order valence-corrected chi connectivity index (χ2v) is 6.56. The monoisotopic (exact) mass is 373 g/mol. The SMILES string of the molecule is CCOC(=O)CCSc1nc(N)c2[nH]c(=O)n(Cc3ccccc3)c2n1. The fraction of sp³-hybridized carbons (Fsp3) is 0.294. The van der Waals surface area contributed by atoms with Crippen LogP contribution < -0.4 is 11.4 Å². The number of fused-ring (bicyclic) bond motifs is 1. The molecule has 0 aliphatic carbocycles. The molecule has 0 amide bonds. The van der Waals surface area contributed by atoms with Crippen LogP contribution in [0.2, 0.25) is 0 Å². The van der Waals surface area contributed by atoms with Gasteiger partial charge in [-0.25, -0.2) is 14.8 Å². The Labute approximate surface area is 153 Å². The molecule has 136 valence electrons. The van der Waals surface area contributed by atoms with Gasteiger partial charge in [0.2, 0.25) is 0 Å². The second-order valence-electron chi connectivity index (χ2n) is 5.50. The van der Waals surface area contributed by atoms with Crippen molar-refractivity contribution in [2.75, 3.05) is 18.1 Å². The van der Waals surface area contributed by atoms with Crippen LogP contribution in [0.3, 0.4) is 0 Å². The van der Waals surface area contributed by atoms with Crippen molar-refractivity contribution in [2.24, 2.45) is 0 Å². The van der Waals surface area contributed by atoms with Gasteiger partial charge in [-0.1, -0.05) is 42.1 Å². The van der Waals surface area contributed by atoms with Crippen LogP contribution in [0.4, 0.5) is 5.82 Å². The van der Waals surface area contributed by atoms with Crippen LogP contribution in [0.1, 0.15) is 18.9 Å². The highest BCUT2D eigenvalue weighted by Crippen LogP contribution is 2.21. The number of imidazole rings is 1. The number of nitrogen functional groups attached to an aromatic ring is 1. The molecular weight excluding hydrogens is 354 g/mol. The number of esters is 1. The number of hydrogen-bond acceptors (Lipinski definition) is 7. The molecule has 3 rings (SSSR count). The molecule has 9 heteroatoms. The summed E-state index contributed by atoms with van der Waals surface area (Å²) in [5.41, 5.74) is 7.52. The van der Waals surface area contributed by atoms with Gasteiger partial charge in [-0.15, -0.1) is 0 Å². The maximum atomic E-state index is 12.3. The number of aromatic nitrogens is 4. The minimum atomic E-state index is -0.293. The first kappa shape index (κ1) is 18.0. The maximum Gasteiger partial charge on any atom is 0.328 e. The molecule has 0 saturated heterocycles. The van der Waals surface area contributed by atoms with Gasteiger partial charge < -0.3 is 15.5 Å². The molecule has 0 fully saturated rings. The number of rotatable bonds is 7. The first-order valence-electron chi connectivity index (χ1n) is 8.17. The third kappa shape index (κ3) is 4.05. The van der Waals surface area contributed by atoms with E-state index in [0.717, 1.165) is 5.56 Å². The average Bonchev–Trinajstić information content (AvgIpc) is 2.93. The number of ether oxygens (including phenoxy) is 1. The number of thioether (sulfide) groups is 1. The Balaban J connectivity index is 1.85. The molecule has 2 aromatic heterocycles. The lowest BCUT2D eigenvalue weighted by Crippen LogP contribution is -2.17. The number of aromatic amines is 1. The molecule has 2 heterocycles. The summed E-state index contributed by atoms with van der Waals surface area (Å²) in [7, 11) is 0. The summed E-state index contributed by atoms with van der Waals surface area (Å²) < 4.78 is 6.42. The van der Waals surface area contributed by atoms with Crippen LogP contribution in [-0.4, -0.2) is 37.8 Å². The zero-order valence-corrected chi connectivity index (χ0v) is 15.1. The fourth-order valence-corrected chi connectivity index (χ4v) is 3.23. The largest absolute Gasteiger partial charge is 0.466 e. The maximum absolute atomic E-state index is 12.3. The van der Waals surface area contributed by atoms with E-state index >= 15 is 0 Å². The number of carbonyl (C=O) groups is 1. The molecule has 0 saturated carbocycles. The Bertz CT molecular complexity index is 968. The lowest BCUT2D eigenvalue weighted by Gasteiger charge is -2.06. The molecule has 8 nitrogen and oxygen atoms in total. The van der Waals surface area contributed by atoms with Crippen LogP contribution in [0.15, 0.2) is 40.3 Å². The van der Waals surface area contributed by atoms with Crippen LogP contribution >= 0.6 is 11.8 Å². The van der Waals surface area contributed by atoms with Gasteiger partial charge in [0.25, 0.3) is 0 Å². The number of nitrogens with two attached hydrogens (primary N) is 1. The topological polar surface area (TPSA) is 116 Å². The molecule has 26 heavy (non-hydrogen) atoms. The van der Waals surface area contributed by atoms with E-state index in [2.05, 4.69) is 15.0 Å². The summed E-state index contributed by atoms with van der Waals surface area (Å²) in [5.74, 6) is 0.408. The molecular formula is C17H19N5O3S. The molecule has 0 atom stereocenters. The third-order valence-corrected chi connectivity index (χ3v) is 4.51. The van der Waals surface area contributed by atoms with Gasteiger partial charge >= 0.3 is 11.7 Å². The molecule has 0 aliphatic rings. The highest BCUT2D eigenvalue weighted by Gasteiger charge is 2.15. The predicted octanol–water partition coefficient (Wildman–Crippen LogP) is 1.80. The summed E-state index contributed by atoms with van der Waals surface area (Å²) in [6, 6.07) is 9.61. The highest BCUT2D eigenvalue weighted by molar-refractivity contribution is 7.99. The smallest absolute Gasteiger partial charge is 0.328 e. The molecule has 3 aromatic rings. The van der Waals surface area contributed by atoms with E-state index in [9.17, 15) is 9.59 Å². The van der Waals surface area contributed by atoms with Crippen LogP contribution in [-0.2, 0) is 16.1 Å². The fourth-order valence-electron chi connectivity index (χ4n) is 2.47.